The Kier molecular flexibility index (Phi) is 5.80. The molecule has 4 nitrogen and oxygen atoms in total. The maximum Gasteiger partial charge on any atom is 0.253 e. The number of carbonyl (C=O) groups excluding carboxylic acids is 2. The summed E-state index contributed by atoms with van der Waals surface area (Å²) in [5, 5.41) is 3.04. The predicted octanol–water partition coefficient (Wildman–Crippen LogP) is 3.09. The average molecular weight is 316 g/mol. The molecule has 1 heterocycles. The molecule has 0 atom stereocenters. The van der Waals surface area contributed by atoms with Gasteiger partial charge in [-0.15, -0.1) is 0 Å². The fourth-order valence-corrected chi connectivity index (χ4v) is 2.91. The van der Waals surface area contributed by atoms with Crippen LogP contribution in [0, 0.1) is 11.3 Å². The molecule has 0 spiro atoms. The number of amides is 2. The Balaban J connectivity index is 1.74. The highest BCUT2D eigenvalue weighted by Gasteiger charge is 2.24. The predicted molar refractivity (Wildman–Crippen MR) is 92.2 cm³/mol. The van der Waals surface area contributed by atoms with Gasteiger partial charge in [-0.25, -0.2) is 0 Å². The van der Waals surface area contributed by atoms with Crippen molar-refractivity contribution in [2.45, 2.75) is 40.0 Å². The summed E-state index contributed by atoms with van der Waals surface area (Å²) in [6.45, 7) is 8.48. The van der Waals surface area contributed by atoms with E-state index >= 15 is 0 Å². The van der Waals surface area contributed by atoms with Gasteiger partial charge in [-0.3, -0.25) is 9.59 Å². The van der Waals surface area contributed by atoms with Crippen molar-refractivity contribution >= 4 is 11.8 Å². The molecular formula is C19H28N2O2. The van der Waals surface area contributed by atoms with Crippen molar-refractivity contribution in [2.75, 3.05) is 19.6 Å². The molecule has 2 amide bonds. The van der Waals surface area contributed by atoms with E-state index in [1.807, 2.05) is 35.2 Å². The molecule has 1 aliphatic rings. The van der Waals surface area contributed by atoms with E-state index in [9.17, 15) is 9.59 Å². The first-order chi connectivity index (χ1) is 10.8. The van der Waals surface area contributed by atoms with Gasteiger partial charge >= 0.3 is 0 Å². The van der Waals surface area contributed by atoms with E-state index in [1.165, 1.54) is 0 Å². The summed E-state index contributed by atoms with van der Waals surface area (Å²) < 4.78 is 0. The molecule has 0 aromatic heterocycles. The van der Waals surface area contributed by atoms with Crippen LogP contribution in [0.5, 0.6) is 0 Å². The Labute approximate surface area is 139 Å². The van der Waals surface area contributed by atoms with Crippen LogP contribution in [-0.4, -0.2) is 36.3 Å². The second-order valence-electron chi connectivity index (χ2n) is 7.64. The molecule has 0 radical (unpaired) electrons. The van der Waals surface area contributed by atoms with Crippen LogP contribution in [0.3, 0.4) is 0 Å². The molecule has 1 aliphatic heterocycles. The molecule has 1 fully saturated rings. The van der Waals surface area contributed by atoms with Gasteiger partial charge in [0.15, 0.2) is 0 Å². The first-order valence-electron chi connectivity index (χ1n) is 8.46. The van der Waals surface area contributed by atoms with Gasteiger partial charge in [0.2, 0.25) is 5.91 Å². The van der Waals surface area contributed by atoms with E-state index in [2.05, 4.69) is 26.1 Å². The average Bonchev–Trinajstić information content (AvgIpc) is 2.52. The van der Waals surface area contributed by atoms with Crippen molar-refractivity contribution in [3.63, 3.8) is 0 Å². The van der Waals surface area contributed by atoms with Gasteiger partial charge < -0.3 is 10.2 Å². The van der Waals surface area contributed by atoms with Crippen LogP contribution in [0.1, 0.15) is 50.4 Å². The van der Waals surface area contributed by atoms with Crippen LogP contribution in [-0.2, 0) is 4.79 Å². The molecule has 1 aromatic rings. The zero-order chi connectivity index (χ0) is 16.9. The lowest BCUT2D eigenvalue weighted by Crippen LogP contribution is -2.41. The number of benzene rings is 1. The van der Waals surface area contributed by atoms with E-state index < -0.39 is 0 Å². The highest BCUT2D eigenvalue weighted by molar-refractivity contribution is 5.94. The number of nitrogens with zero attached hydrogens (tertiary/aromatic N) is 1. The minimum Gasteiger partial charge on any atom is -0.356 e. The minimum atomic E-state index is 0.0234. The normalized spacial score (nSPS) is 16.2. The molecule has 1 N–H and O–H groups in total. The maximum absolute atomic E-state index is 12.4. The third kappa shape index (κ3) is 5.70. The molecule has 126 valence electrons. The largest absolute Gasteiger partial charge is 0.356 e. The lowest BCUT2D eigenvalue weighted by molar-refractivity contribution is -0.123. The van der Waals surface area contributed by atoms with Gasteiger partial charge in [0.25, 0.3) is 5.91 Å². The topological polar surface area (TPSA) is 49.4 Å². The van der Waals surface area contributed by atoms with E-state index in [4.69, 9.17) is 0 Å². The first kappa shape index (κ1) is 17.5. The summed E-state index contributed by atoms with van der Waals surface area (Å²) in [5.41, 5.74) is 0.777. The minimum absolute atomic E-state index is 0.0234. The SMILES string of the molecule is CC(C)(C)CC(=O)NCC1CCN(C(=O)c2ccccc2)CC1. The first-order valence-corrected chi connectivity index (χ1v) is 8.46. The van der Waals surface area contributed by atoms with Gasteiger partial charge in [-0.05, 0) is 36.3 Å². The Morgan fingerprint density at radius 3 is 2.30 bits per heavy atom. The van der Waals surface area contributed by atoms with Crippen molar-refractivity contribution in [3.05, 3.63) is 35.9 Å². The number of hydrogen-bond donors (Lipinski definition) is 1. The summed E-state index contributed by atoms with van der Waals surface area (Å²) in [6, 6.07) is 9.43. The van der Waals surface area contributed by atoms with Crippen LogP contribution < -0.4 is 5.32 Å². The number of carbonyl (C=O) groups is 2. The van der Waals surface area contributed by atoms with Crippen LogP contribution >= 0.6 is 0 Å². The van der Waals surface area contributed by atoms with Gasteiger partial charge in [0.05, 0.1) is 0 Å². The third-order valence-electron chi connectivity index (χ3n) is 4.20. The molecule has 2 rings (SSSR count). The number of nitrogens with one attached hydrogen (secondary N) is 1. The molecule has 1 saturated heterocycles. The lowest BCUT2D eigenvalue weighted by Gasteiger charge is -2.32. The lowest BCUT2D eigenvalue weighted by atomic mass is 9.91. The zero-order valence-electron chi connectivity index (χ0n) is 14.5. The Morgan fingerprint density at radius 1 is 1.13 bits per heavy atom. The molecule has 0 bridgehead atoms. The highest BCUT2D eigenvalue weighted by atomic mass is 16.2. The summed E-state index contributed by atoms with van der Waals surface area (Å²) in [4.78, 5) is 26.2. The second-order valence-corrected chi connectivity index (χ2v) is 7.64. The van der Waals surface area contributed by atoms with Crippen LogP contribution in [0.25, 0.3) is 0 Å². The summed E-state index contributed by atoms with van der Waals surface area (Å²) in [7, 11) is 0. The summed E-state index contributed by atoms with van der Waals surface area (Å²) >= 11 is 0. The Morgan fingerprint density at radius 2 is 1.74 bits per heavy atom. The van der Waals surface area contributed by atoms with E-state index in [1.54, 1.807) is 0 Å². The quantitative estimate of drug-likeness (QED) is 0.928. The Bertz CT molecular complexity index is 526. The van der Waals surface area contributed by atoms with Gasteiger partial charge in [-0.2, -0.15) is 0 Å². The number of rotatable bonds is 4. The molecular weight excluding hydrogens is 288 g/mol. The number of piperidine rings is 1. The summed E-state index contributed by atoms with van der Waals surface area (Å²) in [6.07, 6.45) is 2.46. The van der Waals surface area contributed by atoms with Crippen molar-refractivity contribution in [2.24, 2.45) is 11.3 Å². The number of likely N-dealkylation sites (tertiary alicyclic amines) is 1. The van der Waals surface area contributed by atoms with E-state index in [0.29, 0.717) is 12.3 Å². The molecule has 23 heavy (non-hydrogen) atoms. The van der Waals surface area contributed by atoms with Crippen molar-refractivity contribution in [3.8, 4) is 0 Å². The third-order valence-corrected chi connectivity index (χ3v) is 4.20. The fourth-order valence-electron chi connectivity index (χ4n) is 2.91. The van der Waals surface area contributed by atoms with Crippen molar-refractivity contribution in [1.82, 2.24) is 10.2 Å². The molecule has 0 unspecified atom stereocenters. The number of hydrogen-bond acceptors (Lipinski definition) is 2. The summed E-state index contributed by atoms with van der Waals surface area (Å²) in [5.74, 6) is 0.708. The van der Waals surface area contributed by atoms with Gasteiger partial charge in [0.1, 0.15) is 0 Å². The molecule has 0 aliphatic carbocycles. The zero-order valence-corrected chi connectivity index (χ0v) is 14.5. The second kappa shape index (κ2) is 7.62. The maximum atomic E-state index is 12.4. The van der Waals surface area contributed by atoms with Crippen molar-refractivity contribution < 1.29 is 9.59 Å². The van der Waals surface area contributed by atoms with E-state index in [0.717, 1.165) is 38.0 Å². The van der Waals surface area contributed by atoms with Crippen molar-refractivity contribution in [1.29, 1.82) is 0 Å². The Hall–Kier alpha value is -1.84. The fraction of sp³-hybridized carbons (Fsp3) is 0.579. The standard InChI is InChI=1S/C19H28N2O2/c1-19(2,3)13-17(22)20-14-15-9-11-21(12-10-15)18(23)16-7-5-4-6-8-16/h4-8,15H,9-14H2,1-3H3,(H,20,22). The molecule has 1 aromatic carbocycles. The highest BCUT2D eigenvalue weighted by Crippen LogP contribution is 2.20. The smallest absolute Gasteiger partial charge is 0.253 e. The molecule has 0 saturated carbocycles. The van der Waals surface area contributed by atoms with Crippen LogP contribution in [0.4, 0.5) is 0 Å². The van der Waals surface area contributed by atoms with E-state index in [-0.39, 0.29) is 17.2 Å². The van der Waals surface area contributed by atoms with Gasteiger partial charge in [-0.1, -0.05) is 39.0 Å². The van der Waals surface area contributed by atoms with Crippen LogP contribution in [0.2, 0.25) is 0 Å². The molecule has 4 heteroatoms. The monoisotopic (exact) mass is 316 g/mol. The van der Waals surface area contributed by atoms with Gasteiger partial charge in [0, 0.05) is 31.6 Å². The van der Waals surface area contributed by atoms with Crippen LogP contribution in [0.15, 0.2) is 30.3 Å².